The molecule has 0 unspecified atom stereocenters. The molecule has 7 heteroatoms. The van der Waals surface area contributed by atoms with Gasteiger partial charge in [0.05, 0.1) is 11.6 Å². The summed E-state index contributed by atoms with van der Waals surface area (Å²) < 4.78 is 25.9. The Morgan fingerprint density at radius 3 is 2.41 bits per heavy atom. The lowest BCUT2D eigenvalue weighted by molar-refractivity contribution is 0.268. The molecule has 0 spiro atoms. The van der Waals surface area contributed by atoms with Crippen molar-refractivity contribution in [3.63, 3.8) is 0 Å². The minimum Gasteiger partial charge on any atom is -0.490 e. The van der Waals surface area contributed by atoms with Crippen LogP contribution in [0, 0.1) is 5.82 Å². The molecule has 0 saturated heterocycles. The highest BCUT2D eigenvalue weighted by Gasteiger charge is 2.12. The van der Waals surface area contributed by atoms with Gasteiger partial charge >= 0.3 is 0 Å². The van der Waals surface area contributed by atoms with Gasteiger partial charge in [0.25, 0.3) is 0 Å². The first-order chi connectivity index (χ1) is 14.0. The van der Waals surface area contributed by atoms with E-state index in [0.717, 1.165) is 42.8 Å². The molecule has 0 aromatic heterocycles. The molecule has 160 valence electrons. The standard InChI is InChI=1S/C22H29BrClFN2O2/c1-4-27(5-2)10-9-26-14-17-11-21(28-6-3)22(13-19(17)23)29-15-16-7-8-18(25)12-20(16)24/h7-8,11-13,26H,4-6,9-10,14-15H2,1-3H3. The number of benzene rings is 2. The van der Waals surface area contributed by atoms with E-state index in [1.165, 1.54) is 12.1 Å². The van der Waals surface area contributed by atoms with Crippen molar-refractivity contribution in [3.8, 4) is 11.5 Å². The van der Waals surface area contributed by atoms with Gasteiger partial charge in [0.15, 0.2) is 11.5 Å². The van der Waals surface area contributed by atoms with E-state index in [9.17, 15) is 4.39 Å². The van der Waals surface area contributed by atoms with Crippen LogP contribution in [0.15, 0.2) is 34.8 Å². The highest BCUT2D eigenvalue weighted by Crippen LogP contribution is 2.35. The van der Waals surface area contributed by atoms with Crippen LogP contribution in [0.1, 0.15) is 31.9 Å². The fourth-order valence-electron chi connectivity index (χ4n) is 2.89. The van der Waals surface area contributed by atoms with Gasteiger partial charge in [-0.2, -0.15) is 0 Å². The number of nitrogens with one attached hydrogen (secondary N) is 1. The van der Waals surface area contributed by atoms with Gasteiger partial charge < -0.3 is 19.7 Å². The summed E-state index contributed by atoms with van der Waals surface area (Å²) in [6.45, 7) is 11.8. The maximum atomic E-state index is 13.2. The Balaban J connectivity index is 2.04. The van der Waals surface area contributed by atoms with E-state index in [0.29, 0.717) is 28.7 Å². The summed E-state index contributed by atoms with van der Waals surface area (Å²) in [5.41, 5.74) is 1.81. The number of hydrogen-bond donors (Lipinski definition) is 1. The van der Waals surface area contributed by atoms with E-state index in [1.807, 2.05) is 19.1 Å². The van der Waals surface area contributed by atoms with Gasteiger partial charge in [0, 0.05) is 29.7 Å². The fraction of sp³-hybridized carbons (Fsp3) is 0.455. The van der Waals surface area contributed by atoms with Gasteiger partial charge in [0.1, 0.15) is 12.4 Å². The normalized spacial score (nSPS) is 11.1. The molecule has 0 aliphatic heterocycles. The fourth-order valence-corrected chi connectivity index (χ4v) is 3.57. The van der Waals surface area contributed by atoms with Crippen LogP contribution in [0.3, 0.4) is 0 Å². The molecule has 0 saturated carbocycles. The van der Waals surface area contributed by atoms with E-state index >= 15 is 0 Å². The lowest BCUT2D eigenvalue weighted by Crippen LogP contribution is -2.31. The maximum absolute atomic E-state index is 13.2. The molecular formula is C22H29BrClFN2O2. The SMILES string of the molecule is CCOc1cc(CNCCN(CC)CC)c(Br)cc1OCc1ccc(F)cc1Cl. The zero-order valence-electron chi connectivity index (χ0n) is 17.2. The molecule has 2 aromatic rings. The van der Waals surface area contributed by atoms with E-state index in [-0.39, 0.29) is 12.4 Å². The molecule has 0 fully saturated rings. The van der Waals surface area contributed by atoms with Gasteiger partial charge in [-0.15, -0.1) is 0 Å². The molecule has 0 radical (unpaired) electrons. The van der Waals surface area contributed by atoms with Crippen LogP contribution < -0.4 is 14.8 Å². The molecule has 4 nitrogen and oxygen atoms in total. The Morgan fingerprint density at radius 2 is 1.76 bits per heavy atom. The summed E-state index contributed by atoms with van der Waals surface area (Å²) in [5.74, 6) is 0.926. The molecule has 0 atom stereocenters. The second kappa shape index (κ2) is 12.4. The maximum Gasteiger partial charge on any atom is 0.162 e. The largest absolute Gasteiger partial charge is 0.490 e. The van der Waals surface area contributed by atoms with E-state index in [4.69, 9.17) is 21.1 Å². The quantitative estimate of drug-likeness (QED) is 0.392. The number of nitrogens with zero attached hydrogens (tertiary/aromatic N) is 1. The second-order valence-corrected chi connectivity index (χ2v) is 7.81. The van der Waals surface area contributed by atoms with Crippen molar-refractivity contribution in [3.05, 3.63) is 56.8 Å². The van der Waals surface area contributed by atoms with Crippen LogP contribution in [0.2, 0.25) is 5.02 Å². The Kier molecular flexibility index (Phi) is 10.2. The number of hydrogen-bond acceptors (Lipinski definition) is 4. The van der Waals surface area contributed by atoms with Crippen molar-refractivity contribution >= 4 is 27.5 Å². The highest BCUT2D eigenvalue weighted by atomic mass is 79.9. The molecule has 0 heterocycles. The first kappa shape index (κ1) is 23.9. The number of likely N-dealkylation sites (N-methyl/N-ethyl adjacent to an activating group) is 1. The minimum atomic E-state index is -0.366. The Morgan fingerprint density at radius 1 is 1.03 bits per heavy atom. The molecule has 0 bridgehead atoms. The van der Waals surface area contributed by atoms with Gasteiger partial charge in [-0.05, 0) is 49.8 Å². The smallest absolute Gasteiger partial charge is 0.162 e. The van der Waals surface area contributed by atoms with Crippen molar-refractivity contribution in [2.45, 2.75) is 33.9 Å². The van der Waals surface area contributed by atoms with Crippen LogP contribution in [0.4, 0.5) is 4.39 Å². The third-order valence-electron chi connectivity index (χ3n) is 4.63. The topological polar surface area (TPSA) is 33.7 Å². The number of rotatable bonds is 12. The monoisotopic (exact) mass is 486 g/mol. The van der Waals surface area contributed by atoms with Crippen LogP contribution in [0.25, 0.3) is 0 Å². The average molecular weight is 488 g/mol. The Labute approximate surface area is 186 Å². The average Bonchev–Trinajstić information content (AvgIpc) is 2.70. The first-order valence-electron chi connectivity index (χ1n) is 9.93. The molecule has 29 heavy (non-hydrogen) atoms. The minimum absolute atomic E-state index is 0.229. The predicted molar refractivity (Wildman–Crippen MR) is 121 cm³/mol. The molecular weight excluding hydrogens is 459 g/mol. The zero-order valence-corrected chi connectivity index (χ0v) is 19.6. The van der Waals surface area contributed by atoms with E-state index in [2.05, 4.69) is 40.0 Å². The lowest BCUT2D eigenvalue weighted by atomic mass is 10.2. The van der Waals surface area contributed by atoms with Gasteiger partial charge in [-0.1, -0.05) is 47.4 Å². The van der Waals surface area contributed by atoms with E-state index in [1.54, 1.807) is 6.07 Å². The number of halogens is 3. The van der Waals surface area contributed by atoms with Gasteiger partial charge in [-0.3, -0.25) is 0 Å². The molecule has 0 aliphatic carbocycles. The molecule has 1 N–H and O–H groups in total. The van der Waals surface area contributed by atoms with Gasteiger partial charge in [0.2, 0.25) is 0 Å². The molecule has 0 amide bonds. The summed E-state index contributed by atoms with van der Waals surface area (Å²) in [4.78, 5) is 2.38. The van der Waals surface area contributed by atoms with Crippen LogP contribution in [0.5, 0.6) is 11.5 Å². The third-order valence-corrected chi connectivity index (χ3v) is 5.72. The van der Waals surface area contributed by atoms with Crippen LogP contribution in [-0.2, 0) is 13.2 Å². The molecule has 2 aromatic carbocycles. The second-order valence-electron chi connectivity index (χ2n) is 6.55. The Bertz CT molecular complexity index is 788. The van der Waals surface area contributed by atoms with Crippen LogP contribution in [-0.4, -0.2) is 37.7 Å². The summed E-state index contributed by atoms with van der Waals surface area (Å²) in [6.07, 6.45) is 0. The van der Waals surface area contributed by atoms with Crippen molar-refractivity contribution in [1.82, 2.24) is 10.2 Å². The van der Waals surface area contributed by atoms with E-state index < -0.39 is 0 Å². The van der Waals surface area contributed by atoms with Crippen molar-refractivity contribution in [2.75, 3.05) is 32.8 Å². The first-order valence-corrected chi connectivity index (χ1v) is 11.1. The third kappa shape index (κ3) is 7.45. The zero-order chi connectivity index (χ0) is 21.2. The summed E-state index contributed by atoms with van der Waals surface area (Å²) in [7, 11) is 0. The summed E-state index contributed by atoms with van der Waals surface area (Å²) >= 11 is 9.72. The highest BCUT2D eigenvalue weighted by molar-refractivity contribution is 9.10. The van der Waals surface area contributed by atoms with Crippen molar-refractivity contribution < 1.29 is 13.9 Å². The predicted octanol–water partition coefficient (Wildman–Crippen LogP) is 5.65. The Hall–Kier alpha value is -1.34. The summed E-state index contributed by atoms with van der Waals surface area (Å²) in [5, 5.41) is 3.82. The number of ether oxygens (including phenoxy) is 2. The van der Waals surface area contributed by atoms with Crippen molar-refractivity contribution in [1.29, 1.82) is 0 Å². The molecule has 2 rings (SSSR count). The van der Waals surface area contributed by atoms with Crippen molar-refractivity contribution in [2.24, 2.45) is 0 Å². The van der Waals surface area contributed by atoms with Crippen LogP contribution >= 0.6 is 27.5 Å². The molecule has 0 aliphatic rings. The summed E-state index contributed by atoms with van der Waals surface area (Å²) in [6, 6.07) is 8.17. The van der Waals surface area contributed by atoms with Gasteiger partial charge in [-0.25, -0.2) is 4.39 Å². The lowest BCUT2D eigenvalue weighted by Gasteiger charge is -2.19.